The van der Waals surface area contributed by atoms with E-state index in [9.17, 15) is 0 Å². The van der Waals surface area contributed by atoms with E-state index in [1.807, 2.05) is 0 Å². The molecule has 1 N–H and O–H groups in total. The lowest BCUT2D eigenvalue weighted by Gasteiger charge is -2.10. The van der Waals surface area contributed by atoms with Crippen molar-refractivity contribution in [2.24, 2.45) is 0 Å². The molecule has 0 unspecified atom stereocenters. The number of hydrogen-bond donors (Lipinski definition) is 1. The predicted octanol–water partition coefficient (Wildman–Crippen LogP) is 1.26. The van der Waals surface area contributed by atoms with E-state index >= 15 is 0 Å². The maximum absolute atomic E-state index is 5.62. The molecule has 0 bridgehead atoms. The Labute approximate surface area is 87.7 Å². The van der Waals surface area contributed by atoms with Gasteiger partial charge in [0.1, 0.15) is 6.61 Å². The molecule has 0 amide bonds. The van der Waals surface area contributed by atoms with Gasteiger partial charge in [-0.25, -0.2) is 4.98 Å². The second-order valence-corrected chi connectivity index (χ2v) is 3.61. The molecule has 1 aliphatic heterocycles. The Hall–Kier alpha value is -0.870. The number of ether oxygens (including phenoxy) is 1. The molecule has 0 radical (unpaired) electrons. The molecule has 1 fully saturated rings. The Balaban J connectivity index is 1.85. The van der Waals surface area contributed by atoms with E-state index in [1.165, 1.54) is 12.8 Å². The molecule has 1 aromatic heterocycles. The zero-order valence-corrected chi connectivity index (χ0v) is 8.50. The number of aromatic nitrogens is 2. The molecule has 1 atom stereocenters. The Kier molecular flexibility index (Phi) is 3.16. The van der Waals surface area contributed by atoms with Gasteiger partial charge in [0, 0.05) is 18.3 Å². The molecule has 2 rings (SSSR count). The van der Waals surface area contributed by atoms with E-state index < -0.39 is 0 Å². The first-order valence-corrected chi connectivity index (χ1v) is 5.07. The maximum Gasteiger partial charge on any atom is 0.225 e. The monoisotopic (exact) mass is 213 g/mol. The molecule has 5 heteroatoms. The van der Waals surface area contributed by atoms with Gasteiger partial charge in [-0.2, -0.15) is 4.98 Å². The minimum absolute atomic E-state index is 0.224. The molecule has 0 aliphatic carbocycles. The van der Waals surface area contributed by atoms with Crippen LogP contribution in [0, 0.1) is 0 Å². The van der Waals surface area contributed by atoms with Gasteiger partial charge in [-0.3, -0.25) is 0 Å². The summed E-state index contributed by atoms with van der Waals surface area (Å²) in [7, 11) is 0. The predicted molar refractivity (Wildman–Crippen MR) is 53.6 cm³/mol. The summed E-state index contributed by atoms with van der Waals surface area (Å²) in [5, 5.41) is 3.56. The van der Waals surface area contributed by atoms with Crippen LogP contribution >= 0.6 is 11.6 Å². The summed E-state index contributed by atoms with van der Waals surface area (Å²) in [6.45, 7) is 1.73. The first kappa shape index (κ1) is 9.68. The minimum Gasteiger partial charge on any atom is -0.476 e. The van der Waals surface area contributed by atoms with Gasteiger partial charge in [0.15, 0.2) is 0 Å². The molecule has 0 saturated carbocycles. The van der Waals surface area contributed by atoms with Gasteiger partial charge in [-0.05, 0) is 31.0 Å². The molecule has 4 nitrogen and oxygen atoms in total. The number of rotatable bonds is 3. The number of nitrogens with zero attached hydrogens (tertiary/aromatic N) is 2. The number of nitrogens with one attached hydrogen (secondary N) is 1. The highest BCUT2D eigenvalue weighted by Crippen LogP contribution is 2.11. The van der Waals surface area contributed by atoms with Crippen molar-refractivity contribution in [3.05, 3.63) is 17.5 Å². The topological polar surface area (TPSA) is 47.0 Å². The van der Waals surface area contributed by atoms with Crippen LogP contribution in [0.1, 0.15) is 12.8 Å². The molecule has 1 saturated heterocycles. The summed E-state index contributed by atoms with van der Waals surface area (Å²) in [4.78, 5) is 7.72. The lowest BCUT2D eigenvalue weighted by Crippen LogP contribution is -2.28. The van der Waals surface area contributed by atoms with Crippen molar-refractivity contribution in [1.82, 2.24) is 15.3 Å². The Morgan fingerprint density at radius 3 is 3.29 bits per heavy atom. The van der Waals surface area contributed by atoms with Crippen molar-refractivity contribution >= 4 is 11.6 Å². The van der Waals surface area contributed by atoms with Gasteiger partial charge in [0.2, 0.25) is 11.2 Å². The first-order chi connectivity index (χ1) is 6.84. The van der Waals surface area contributed by atoms with Crippen LogP contribution in [0.15, 0.2) is 12.3 Å². The van der Waals surface area contributed by atoms with Gasteiger partial charge >= 0.3 is 0 Å². The molecular formula is C9H12ClN3O. The van der Waals surface area contributed by atoms with Crippen LogP contribution in [0.5, 0.6) is 5.88 Å². The lowest BCUT2D eigenvalue weighted by atomic mass is 10.2. The summed E-state index contributed by atoms with van der Waals surface area (Å²) < 4.78 is 5.47. The van der Waals surface area contributed by atoms with Crippen LogP contribution in [-0.2, 0) is 0 Å². The molecular weight excluding hydrogens is 202 g/mol. The Morgan fingerprint density at radius 2 is 2.57 bits per heavy atom. The van der Waals surface area contributed by atoms with Crippen LogP contribution in [-0.4, -0.2) is 29.2 Å². The third kappa shape index (κ3) is 2.56. The fourth-order valence-corrected chi connectivity index (χ4v) is 1.62. The van der Waals surface area contributed by atoms with Crippen molar-refractivity contribution in [2.75, 3.05) is 13.2 Å². The van der Waals surface area contributed by atoms with Crippen molar-refractivity contribution in [3.8, 4) is 5.88 Å². The largest absolute Gasteiger partial charge is 0.476 e. The summed E-state index contributed by atoms with van der Waals surface area (Å²) in [5.74, 6) is 0.540. The number of hydrogen-bond acceptors (Lipinski definition) is 4. The van der Waals surface area contributed by atoms with E-state index in [4.69, 9.17) is 16.3 Å². The molecule has 2 heterocycles. The Morgan fingerprint density at radius 1 is 1.64 bits per heavy atom. The zero-order valence-electron chi connectivity index (χ0n) is 7.74. The summed E-state index contributed by atoms with van der Waals surface area (Å²) in [5.41, 5.74) is 0. The second kappa shape index (κ2) is 4.57. The highest BCUT2D eigenvalue weighted by atomic mass is 35.5. The van der Waals surface area contributed by atoms with Crippen molar-refractivity contribution in [3.63, 3.8) is 0 Å². The molecule has 0 aromatic carbocycles. The summed E-state index contributed by atoms with van der Waals surface area (Å²) in [6.07, 6.45) is 3.98. The fourth-order valence-electron chi connectivity index (χ4n) is 1.48. The van der Waals surface area contributed by atoms with E-state index in [1.54, 1.807) is 12.3 Å². The van der Waals surface area contributed by atoms with Crippen LogP contribution < -0.4 is 10.1 Å². The quantitative estimate of drug-likeness (QED) is 0.768. The zero-order chi connectivity index (χ0) is 9.80. The maximum atomic E-state index is 5.62. The second-order valence-electron chi connectivity index (χ2n) is 3.27. The number of halogens is 1. The third-order valence-corrected chi connectivity index (χ3v) is 2.38. The Bertz CT molecular complexity index is 302. The average molecular weight is 214 g/mol. The summed E-state index contributed by atoms with van der Waals surface area (Å²) >= 11 is 5.62. The normalized spacial score (nSPS) is 21.1. The van der Waals surface area contributed by atoms with Crippen LogP contribution in [0.25, 0.3) is 0 Å². The van der Waals surface area contributed by atoms with Crippen molar-refractivity contribution in [2.45, 2.75) is 18.9 Å². The molecule has 1 aliphatic rings. The molecule has 76 valence electrons. The van der Waals surface area contributed by atoms with E-state index in [0.717, 1.165) is 6.54 Å². The van der Waals surface area contributed by atoms with Gasteiger partial charge in [-0.1, -0.05) is 0 Å². The smallest absolute Gasteiger partial charge is 0.225 e. The van der Waals surface area contributed by atoms with E-state index in [2.05, 4.69) is 15.3 Å². The minimum atomic E-state index is 0.224. The molecule has 1 aromatic rings. The molecule has 0 spiro atoms. The van der Waals surface area contributed by atoms with Crippen LogP contribution in [0.4, 0.5) is 0 Å². The van der Waals surface area contributed by atoms with Gasteiger partial charge < -0.3 is 10.1 Å². The SMILES string of the molecule is Clc1nccc(OC[C@H]2CCCN2)n1. The van der Waals surface area contributed by atoms with Gasteiger partial charge in [0.25, 0.3) is 0 Å². The standard InChI is InChI=1S/C9H12ClN3O/c10-9-12-5-3-8(13-9)14-6-7-2-1-4-11-7/h3,5,7,11H,1-2,4,6H2/t7-/m1/s1. The van der Waals surface area contributed by atoms with Crippen LogP contribution in [0.2, 0.25) is 5.28 Å². The summed E-state index contributed by atoms with van der Waals surface area (Å²) in [6, 6.07) is 2.16. The third-order valence-electron chi connectivity index (χ3n) is 2.20. The van der Waals surface area contributed by atoms with Crippen molar-refractivity contribution in [1.29, 1.82) is 0 Å². The highest BCUT2D eigenvalue weighted by molar-refractivity contribution is 6.28. The van der Waals surface area contributed by atoms with Gasteiger partial charge in [0.05, 0.1) is 0 Å². The molecule has 14 heavy (non-hydrogen) atoms. The van der Waals surface area contributed by atoms with Crippen molar-refractivity contribution < 1.29 is 4.74 Å². The van der Waals surface area contributed by atoms with E-state index in [0.29, 0.717) is 18.5 Å². The first-order valence-electron chi connectivity index (χ1n) is 4.69. The highest BCUT2D eigenvalue weighted by Gasteiger charge is 2.14. The average Bonchev–Trinajstić information content (AvgIpc) is 2.67. The lowest BCUT2D eigenvalue weighted by molar-refractivity contribution is 0.267. The van der Waals surface area contributed by atoms with E-state index in [-0.39, 0.29) is 5.28 Å². The van der Waals surface area contributed by atoms with Gasteiger partial charge in [-0.15, -0.1) is 0 Å². The van der Waals surface area contributed by atoms with Crippen LogP contribution in [0.3, 0.4) is 0 Å². The fraction of sp³-hybridized carbons (Fsp3) is 0.556.